The van der Waals surface area contributed by atoms with Gasteiger partial charge in [0.1, 0.15) is 11.6 Å². The van der Waals surface area contributed by atoms with Crippen LogP contribution in [-0.4, -0.2) is 81.0 Å². The number of halogens is 2. The number of benzene rings is 1. The van der Waals surface area contributed by atoms with Crippen LogP contribution < -0.4 is 0 Å². The number of sulfonamides is 1. The average Bonchev–Trinajstić information content (AvgIpc) is 2.61. The summed E-state index contributed by atoms with van der Waals surface area (Å²) in [4.78, 5) is 15.2. The SMILES string of the molecule is O=C(N1CCOCC1)N1CCN(S(=O)(=O)c2cc(F)cc(F)c2)CC1. The van der Waals surface area contributed by atoms with Crippen molar-refractivity contribution in [3.05, 3.63) is 29.8 Å². The first kappa shape index (κ1) is 18.0. The average molecular weight is 375 g/mol. The second-order valence-corrected chi connectivity index (χ2v) is 7.82. The van der Waals surface area contributed by atoms with E-state index in [1.54, 1.807) is 9.80 Å². The fraction of sp³-hybridized carbons (Fsp3) is 0.533. The van der Waals surface area contributed by atoms with E-state index >= 15 is 0 Å². The topological polar surface area (TPSA) is 70.2 Å². The van der Waals surface area contributed by atoms with Gasteiger partial charge in [0.15, 0.2) is 0 Å². The molecule has 2 aliphatic heterocycles. The van der Waals surface area contributed by atoms with Crippen LogP contribution in [-0.2, 0) is 14.8 Å². The maximum absolute atomic E-state index is 13.3. The Balaban J connectivity index is 1.65. The summed E-state index contributed by atoms with van der Waals surface area (Å²) >= 11 is 0. The molecule has 3 rings (SSSR count). The van der Waals surface area contributed by atoms with Gasteiger partial charge in [-0.05, 0) is 12.1 Å². The first-order valence-electron chi connectivity index (χ1n) is 7.96. The van der Waals surface area contributed by atoms with Crippen molar-refractivity contribution in [1.82, 2.24) is 14.1 Å². The van der Waals surface area contributed by atoms with E-state index in [9.17, 15) is 22.0 Å². The van der Waals surface area contributed by atoms with Crippen LogP contribution in [0, 0.1) is 11.6 Å². The summed E-state index contributed by atoms with van der Waals surface area (Å²) in [6.45, 7) is 2.63. The summed E-state index contributed by atoms with van der Waals surface area (Å²) in [5.41, 5.74) is 0. The molecule has 1 aromatic rings. The molecule has 2 amide bonds. The predicted molar refractivity (Wildman–Crippen MR) is 84.5 cm³/mol. The van der Waals surface area contributed by atoms with Crippen LogP contribution in [0.4, 0.5) is 13.6 Å². The number of ether oxygens (including phenoxy) is 1. The first-order chi connectivity index (χ1) is 11.9. The van der Waals surface area contributed by atoms with E-state index in [-0.39, 0.29) is 32.2 Å². The molecule has 0 atom stereocenters. The van der Waals surface area contributed by atoms with Crippen LogP contribution in [0.15, 0.2) is 23.1 Å². The lowest BCUT2D eigenvalue weighted by molar-refractivity contribution is 0.0405. The van der Waals surface area contributed by atoms with Crippen LogP contribution in [0.25, 0.3) is 0 Å². The Morgan fingerprint density at radius 3 is 1.96 bits per heavy atom. The smallest absolute Gasteiger partial charge is 0.320 e. The molecule has 1 aromatic carbocycles. The van der Waals surface area contributed by atoms with E-state index in [0.717, 1.165) is 16.4 Å². The van der Waals surface area contributed by atoms with Crippen LogP contribution in [0.5, 0.6) is 0 Å². The number of amides is 2. The summed E-state index contributed by atoms with van der Waals surface area (Å²) in [7, 11) is -4.00. The second-order valence-electron chi connectivity index (χ2n) is 5.88. The van der Waals surface area contributed by atoms with Crippen molar-refractivity contribution in [3.8, 4) is 0 Å². The summed E-state index contributed by atoms with van der Waals surface area (Å²) < 4.78 is 58.0. The fourth-order valence-corrected chi connectivity index (χ4v) is 4.37. The van der Waals surface area contributed by atoms with Crippen LogP contribution in [0.1, 0.15) is 0 Å². The molecule has 0 radical (unpaired) electrons. The minimum atomic E-state index is -4.00. The van der Waals surface area contributed by atoms with Gasteiger partial charge in [-0.3, -0.25) is 0 Å². The van der Waals surface area contributed by atoms with Gasteiger partial charge in [0, 0.05) is 45.3 Å². The minimum absolute atomic E-state index is 0.0799. The lowest BCUT2D eigenvalue weighted by Crippen LogP contribution is -2.55. The molecule has 25 heavy (non-hydrogen) atoms. The summed E-state index contributed by atoms with van der Waals surface area (Å²) in [5.74, 6) is -1.89. The van der Waals surface area contributed by atoms with Crippen molar-refractivity contribution in [3.63, 3.8) is 0 Å². The van der Waals surface area contributed by atoms with E-state index in [2.05, 4.69) is 0 Å². The maximum Gasteiger partial charge on any atom is 0.320 e. The molecule has 138 valence electrons. The van der Waals surface area contributed by atoms with E-state index in [1.807, 2.05) is 0 Å². The molecule has 7 nitrogen and oxygen atoms in total. The number of hydrogen-bond donors (Lipinski definition) is 0. The van der Waals surface area contributed by atoms with Gasteiger partial charge in [0.2, 0.25) is 10.0 Å². The summed E-state index contributed by atoms with van der Waals surface area (Å²) in [5, 5.41) is 0. The van der Waals surface area contributed by atoms with Crippen molar-refractivity contribution < 1.29 is 26.7 Å². The fourth-order valence-electron chi connectivity index (χ4n) is 2.90. The van der Waals surface area contributed by atoms with Gasteiger partial charge >= 0.3 is 6.03 Å². The third-order valence-electron chi connectivity index (χ3n) is 4.26. The number of urea groups is 1. The molecule has 2 fully saturated rings. The van der Waals surface area contributed by atoms with Gasteiger partial charge in [0.05, 0.1) is 18.1 Å². The Kier molecular flexibility index (Phi) is 5.21. The number of hydrogen-bond acceptors (Lipinski definition) is 4. The molecule has 0 saturated carbocycles. The molecule has 2 heterocycles. The normalized spacial score (nSPS) is 19.9. The van der Waals surface area contributed by atoms with E-state index < -0.39 is 26.6 Å². The first-order valence-corrected chi connectivity index (χ1v) is 9.40. The van der Waals surface area contributed by atoms with Crippen molar-refractivity contribution in [2.75, 3.05) is 52.5 Å². The Morgan fingerprint density at radius 1 is 0.880 bits per heavy atom. The molecular weight excluding hydrogens is 356 g/mol. The highest BCUT2D eigenvalue weighted by Crippen LogP contribution is 2.20. The highest BCUT2D eigenvalue weighted by atomic mass is 32.2. The Bertz CT molecular complexity index is 725. The number of carbonyl (C=O) groups is 1. The van der Waals surface area contributed by atoms with Gasteiger partial charge in [-0.15, -0.1) is 0 Å². The van der Waals surface area contributed by atoms with Crippen molar-refractivity contribution in [2.45, 2.75) is 4.90 Å². The molecule has 0 N–H and O–H groups in total. The van der Waals surface area contributed by atoms with Crippen molar-refractivity contribution >= 4 is 16.1 Å². The van der Waals surface area contributed by atoms with Gasteiger partial charge in [-0.1, -0.05) is 0 Å². The molecule has 0 bridgehead atoms. The van der Waals surface area contributed by atoms with Gasteiger partial charge < -0.3 is 14.5 Å². The second kappa shape index (κ2) is 7.22. The molecule has 2 saturated heterocycles. The number of rotatable bonds is 2. The van der Waals surface area contributed by atoms with Gasteiger partial charge in [-0.2, -0.15) is 4.31 Å². The molecule has 2 aliphatic rings. The molecule has 0 unspecified atom stereocenters. The standard InChI is InChI=1S/C15H19F2N3O4S/c16-12-9-13(17)11-14(10-12)25(22,23)20-3-1-18(2-4-20)15(21)19-5-7-24-8-6-19/h9-11H,1-8H2. The van der Waals surface area contributed by atoms with E-state index in [4.69, 9.17) is 4.74 Å². The Labute approximate surface area is 144 Å². The highest BCUT2D eigenvalue weighted by molar-refractivity contribution is 7.89. The lowest BCUT2D eigenvalue weighted by Gasteiger charge is -2.38. The molecule has 0 aromatic heterocycles. The largest absolute Gasteiger partial charge is 0.378 e. The maximum atomic E-state index is 13.3. The zero-order valence-electron chi connectivity index (χ0n) is 13.5. The Morgan fingerprint density at radius 2 is 1.40 bits per heavy atom. The lowest BCUT2D eigenvalue weighted by atomic mass is 10.3. The van der Waals surface area contributed by atoms with Gasteiger partial charge in [0.25, 0.3) is 0 Å². The summed E-state index contributed by atoms with van der Waals surface area (Å²) in [6, 6.07) is 2.07. The van der Waals surface area contributed by atoms with Crippen LogP contribution in [0.2, 0.25) is 0 Å². The summed E-state index contributed by atoms with van der Waals surface area (Å²) in [6.07, 6.45) is 0. The van der Waals surface area contributed by atoms with Crippen molar-refractivity contribution in [1.29, 1.82) is 0 Å². The van der Waals surface area contributed by atoms with Crippen LogP contribution >= 0.6 is 0 Å². The number of morpholine rings is 1. The third kappa shape index (κ3) is 3.91. The van der Waals surface area contributed by atoms with E-state index in [1.165, 1.54) is 0 Å². The zero-order chi connectivity index (χ0) is 18.0. The third-order valence-corrected chi connectivity index (χ3v) is 6.14. The number of carbonyl (C=O) groups excluding carboxylic acids is 1. The number of nitrogens with zero attached hydrogens (tertiary/aromatic N) is 3. The molecule has 0 aliphatic carbocycles. The van der Waals surface area contributed by atoms with Crippen molar-refractivity contribution in [2.24, 2.45) is 0 Å². The van der Waals surface area contributed by atoms with Crippen LogP contribution in [0.3, 0.4) is 0 Å². The molecule has 0 spiro atoms. The Hall–Kier alpha value is -1.78. The predicted octanol–water partition coefficient (Wildman–Crippen LogP) is 0.723. The molecular formula is C15H19F2N3O4S. The number of piperazine rings is 1. The highest BCUT2D eigenvalue weighted by Gasteiger charge is 2.32. The van der Waals surface area contributed by atoms with Gasteiger partial charge in [-0.25, -0.2) is 22.0 Å². The zero-order valence-corrected chi connectivity index (χ0v) is 14.3. The monoisotopic (exact) mass is 375 g/mol. The minimum Gasteiger partial charge on any atom is -0.378 e. The molecule has 10 heteroatoms. The van der Waals surface area contributed by atoms with E-state index in [0.29, 0.717) is 32.4 Å². The quantitative estimate of drug-likeness (QED) is 0.764.